The van der Waals surface area contributed by atoms with Crippen LogP contribution in [0.1, 0.15) is 54.5 Å². The van der Waals surface area contributed by atoms with Gasteiger partial charge in [-0.3, -0.25) is 19.5 Å². The lowest BCUT2D eigenvalue weighted by molar-refractivity contribution is -0.146. The van der Waals surface area contributed by atoms with Crippen molar-refractivity contribution in [2.45, 2.75) is 56.5 Å². The van der Waals surface area contributed by atoms with E-state index in [4.69, 9.17) is 9.47 Å². The number of piperidine rings is 1. The number of esters is 1. The van der Waals surface area contributed by atoms with Crippen LogP contribution in [0.3, 0.4) is 0 Å². The minimum Gasteiger partial charge on any atom is -0.469 e. The predicted octanol–water partition coefficient (Wildman–Crippen LogP) is 4.54. The number of alkyl halides is 3. The Morgan fingerprint density at radius 1 is 1.18 bits per heavy atom. The molecule has 0 spiro atoms. The van der Waals surface area contributed by atoms with E-state index < -0.39 is 34.9 Å². The molecule has 1 amide bonds. The minimum absolute atomic E-state index is 0.0000982. The number of methoxy groups -OCH3 is 1. The Hall–Kier alpha value is -3.24. The lowest BCUT2D eigenvalue weighted by atomic mass is 9.74. The van der Waals surface area contributed by atoms with Gasteiger partial charge in [0.15, 0.2) is 0 Å². The van der Waals surface area contributed by atoms with Gasteiger partial charge >= 0.3 is 12.1 Å². The van der Waals surface area contributed by atoms with Crippen molar-refractivity contribution in [1.82, 2.24) is 10.2 Å². The summed E-state index contributed by atoms with van der Waals surface area (Å²) in [6.45, 7) is 3.84. The fourth-order valence-electron chi connectivity index (χ4n) is 5.25. The first-order chi connectivity index (χ1) is 18.0. The van der Waals surface area contributed by atoms with Crippen molar-refractivity contribution in [3.63, 3.8) is 0 Å². The summed E-state index contributed by atoms with van der Waals surface area (Å²) in [5.41, 5.74) is -0.363. The topological polar surface area (TPSA) is 80.2 Å². The van der Waals surface area contributed by atoms with E-state index in [1.165, 1.54) is 18.3 Å². The molecule has 1 fully saturated rings. The molecule has 4 rings (SSSR count). The van der Waals surface area contributed by atoms with Crippen LogP contribution in [0.25, 0.3) is 0 Å². The second-order valence-corrected chi connectivity index (χ2v) is 10.1. The number of aliphatic imine (C=N–C) groups is 1. The number of nitrogens with zero attached hydrogens (tertiary/aromatic N) is 2. The van der Waals surface area contributed by atoms with Crippen molar-refractivity contribution < 1.29 is 32.2 Å². The summed E-state index contributed by atoms with van der Waals surface area (Å²) < 4.78 is 51.3. The SMILES string of the molecule is COC(=O)C[C@]1(N2C=NCC2=O)CC[C@@](CO[C@H](C)c2cc(C)cc(C(F)(F)F)c2)(c2ccccc2)NC1. The quantitative estimate of drug-likeness (QED) is 0.506. The second-order valence-electron chi connectivity index (χ2n) is 10.1. The van der Waals surface area contributed by atoms with E-state index in [2.05, 4.69) is 10.3 Å². The van der Waals surface area contributed by atoms with E-state index in [-0.39, 0.29) is 32.0 Å². The number of ether oxygens (including phenoxy) is 2. The maximum atomic E-state index is 13.4. The molecule has 0 aromatic heterocycles. The highest BCUT2D eigenvalue weighted by molar-refractivity contribution is 5.95. The van der Waals surface area contributed by atoms with E-state index in [0.717, 1.165) is 17.7 Å². The summed E-state index contributed by atoms with van der Waals surface area (Å²) in [6.07, 6.45) is -2.61. The largest absolute Gasteiger partial charge is 0.469 e. The summed E-state index contributed by atoms with van der Waals surface area (Å²) in [5.74, 6) is -0.621. The predicted molar refractivity (Wildman–Crippen MR) is 135 cm³/mol. The molecule has 2 aliphatic heterocycles. The number of aryl methyl sites for hydroxylation is 1. The fourth-order valence-corrected chi connectivity index (χ4v) is 5.25. The number of carbonyl (C=O) groups excluding carboxylic acids is 2. The normalized spacial score (nSPS) is 24.5. The molecule has 0 saturated carbocycles. The zero-order chi connectivity index (χ0) is 27.6. The lowest BCUT2D eigenvalue weighted by Gasteiger charge is -2.50. The molecule has 7 nitrogen and oxygen atoms in total. The number of halogens is 3. The molecule has 0 radical (unpaired) electrons. The second kappa shape index (κ2) is 10.9. The molecule has 204 valence electrons. The number of rotatable bonds is 8. The highest BCUT2D eigenvalue weighted by Gasteiger charge is 2.50. The Balaban J connectivity index is 1.59. The van der Waals surface area contributed by atoms with Crippen LogP contribution in [-0.2, 0) is 30.8 Å². The lowest BCUT2D eigenvalue weighted by Crippen LogP contribution is -2.65. The average molecular weight is 532 g/mol. The third-order valence-corrected chi connectivity index (χ3v) is 7.48. The molecule has 0 bridgehead atoms. The highest BCUT2D eigenvalue weighted by Crippen LogP contribution is 2.40. The Morgan fingerprint density at radius 3 is 2.50 bits per heavy atom. The number of hydrogen-bond acceptors (Lipinski definition) is 6. The van der Waals surface area contributed by atoms with Crippen LogP contribution in [0.5, 0.6) is 0 Å². The van der Waals surface area contributed by atoms with Crippen LogP contribution < -0.4 is 5.32 Å². The first-order valence-electron chi connectivity index (χ1n) is 12.5. The molecule has 38 heavy (non-hydrogen) atoms. The van der Waals surface area contributed by atoms with Crippen LogP contribution in [0.2, 0.25) is 0 Å². The standard InChI is InChI=1S/C28H32F3N3O4/c1-19-11-21(13-23(12-19)28(29,30)31)20(2)38-17-27(22-7-5-4-6-8-22)10-9-26(16-33-27,14-25(36)37-3)34-18-32-15-24(34)35/h4-8,11-13,18,20,33H,9-10,14-17H2,1-3H3/t20-,26-,27-/m1/s1. The van der Waals surface area contributed by atoms with Crippen molar-refractivity contribution in [1.29, 1.82) is 0 Å². The first kappa shape index (κ1) is 27.8. The molecule has 2 heterocycles. The number of carbonyl (C=O) groups is 2. The smallest absolute Gasteiger partial charge is 0.416 e. The molecule has 3 atom stereocenters. The molecule has 0 unspecified atom stereocenters. The summed E-state index contributed by atoms with van der Waals surface area (Å²) >= 11 is 0. The van der Waals surface area contributed by atoms with Crippen molar-refractivity contribution in [2.75, 3.05) is 26.8 Å². The maximum absolute atomic E-state index is 13.4. The van der Waals surface area contributed by atoms with Crippen LogP contribution in [0.15, 0.2) is 53.5 Å². The Bertz CT molecular complexity index is 1190. The monoisotopic (exact) mass is 531 g/mol. The average Bonchev–Trinajstić information content (AvgIpc) is 3.34. The summed E-state index contributed by atoms with van der Waals surface area (Å²) in [7, 11) is 1.31. The molecule has 1 N–H and O–H groups in total. The molecule has 1 saturated heterocycles. The third-order valence-electron chi connectivity index (χ3n) is 7.48. The Labute approximate surface area is 220 Å². The molecular weight excluding hydrogens is 499 g/mol. The van der Waals surface area contributed by atoms with Crippen molar-refractivity contribution in [3.8, 4) is 0 Å². The third kappa shape index (κ3) is 5.76. The van der Waals surface area contributed by atoms with Crippen LogP contribution in [-0.4, -0.2) is 55.5 Å². The molecule has 0 aliphatic carbocycles. The molecule has 2 aliphatic rings. The number of nitrogens with one attached hydrogen (secondary N) is 1. The first-order valence-corrected chi connectivity index (χ1v) is 12.5. The van der Waals surface area contributed by atoms with Gasteiger partial charge in [-0.15, -0.1) is 0 Å². The van der Waals surface area contributed by atoms with Crippen LogP contribution >= 0.6 is 0 Å². The Morgan fingerprint density at radius 2 is 1.92 bits per heavy atom. The number of hydrogen-bond donors (Lipinski definition) is 1. The van der Waals surface area contributed by atoms with Gasteiger partial charge < -0.3 is 14.8 Å². The van der Waals surface area contributed by atoms with Gasteiger partial charge in [0.2, 0.25) is 5.91 Å². The zero-order valence-corrected chi connectivity index (χ0v) is 21.7. The van der Waals surface area contributed by atoms with Gasteiger partial charge in [-0.25, -0.2) is 0 Å². The zero-order valence-electron chi connectivity index (χ0n) is 21.7. The van der Waals surface area contributed by atoms with E-state index in [1.807, 2.05) is 30.3 Å². The van der Waals surface area contributed by atoms with Gasteiger partial charge in [0.1, 0.15) is 6.54 Å². The van der Waals surface area contributed by atoms with Crippen LogP contribution in [0, 0.1) is 6.92 Å². The Kier molecular flexibility index (Phi) is 7.94. The minimum atomic E-state index is -4.45. The van der Waals surface area contributed by atoms with Crippen LogP contribution in [0.4, 0.5) is 13.2 Å². The summed E-state index contributed by atoms with van der Waals surface area (Å²) in [6, 6.07) is 13.6. The van der Waals surface area contributed by atoms with Crippen molar-refractivity contribution in [3.05, 3.63) is 70.8 Å². The van der Waals surface area contributed by atoms with Gasteiger partial charge in [0.25, 0.3) is 0 Å². The number of benzene rings is 2. The van der Waals surface area contributed by atoms with Crippen molar-refractivity contribution in [2.24, 2.45) is 4.99 Å². The van der Waals surface area contributed by atoms with Gasteiger partial charge in [0.05, 0.1) is 49.2 Å². The maximum Gasteiger partial charge on any atom is 0.416 e. The van der Waals surface area contributed by atoms with Gasteiger partial charge in [-0.2, -0.15) is 13.2 Å². The number of amides is 1. The van der Waals surface area contributed by atoms with Crippen molar-refractivity contribution >= 4 is 18.2 Å². The highest BCUT2D eigenvalue weighted by atomic mass is 19.4. The molecule has 2 aromatic carbocycles. The van der Waals surface area contributed by atoms with E-state index in [1.54, 1.807) is 19.9 Å². The van der Waals surface area contributed by atoms with Gasteiger partial charge in [-0.05, 0) is 49.9 Å². The molecular formula is C28H32F3N3O4. The fraction of sp³-hybridized carbons (Fsp3) is 0.464. The van der Waals surface area contributed by atoms with Gasteiger partial charge in [0, 0.05) is 6.54 Å². The van der Waals surface area contributed by atoms with E-state index >= 15 is 0 Å². The molecule has 10 heteroatoms. The summed E-state index contributed by atoms with van der Waals surface area (Å²) in [5, 5.41) is 3.55. The van der Waals surface area contributed by atoms with E-state index in [9.17, 15) is 22.8 Å². The van der Waals surface area contributed by atoms with Gasteiger partial charge in [-0.1, -0.05) is 42.0 Å². The van der Waals surface area contributed by atoms with E-state index in [0.29, 0.717) is 24.0 Å². The summed E-state index contributed by atoms with van der Waals surface area (Å²) in [4.78, 5) is 30.5. The molecule has 2 aromatic rings.